The maximum absolute atomic E-state index is 13.9. The smallest absolute Gasteiger partial charge is 0.326 e. The van der Waals surface area contributed by atoms with Crippen LogP contribution in [0.25, 0.3) is 5.69 Å². The van der Waals surface area contributed by atoms with Crippen LogP contribution in [-0.4, -0.2) is 38.0 Å². The Kier molecular flexibility index (Phi) is 4.95. The lowest BCUT2D eigenvalue weighted by Gasteiger charge is -2.16. The first-order valence-corrected chi connectivity index (χ1v) is 7.09. The highest BCUT2D eigenvalue weighted by Gasteiger charge is 2.25. The Morgan fingerprint density at radius 2 is 2.09 bits per heavy atom. The number of hydrogen-bond acceptors (Lipinski definition) is 4. The third kappa shape index (κ3) is 3.65. The summed E-state index contributed by atoms with van der Waals surface area (Å²) in [5.74, 6) is -2.87. The van der Waals surface area contributed by atoms with E-state index in [1.807, 2.05) is 0 Å². The molecule has 0 radical (unpaired) electrons. The second kappa shape index (κ2) is 6.74. The molecule has 0 aliphatic rings. The Balaban J connectivity index is 2.23. The van der Waals surface area contributed by atoms with Gasteiger partial charge in [-0.15, -0.1) is 5.10 Å². The fourth-order valence-electron chi connectivity index (χ4n) is 1.88. The lowest BCUT2D eigenvalue weighted by Crippen LogP contribution is -2.44. The number of carboxylic acid groups (broad SMARTS) is 1. The zero-order valence-electron chi connectivity index (χ0n) is 12.3. The first-order valence-electron chi connectivity index (χ1n) is 6.71. The number of carbonyl (C=O) groups excluding carboxylic acids is 1. The molecule has 122 valence electrons. The standard InChI is InChI=1S/C14H14ClFN4O3/c1-7(2)12(14(22)23)17-13(21)9-6-20(19-18-9)10-5-3-4-8(15)11(10)16/h3-7,12H,1-2H3,(H,17,21)(H,22,23)/t12-/m1/s1. The van der Waals surface area contributed by atoms with Gasteiger partial charge in [-0.1, -0.05) is 36.7 Å². The molecule has 0 spiro atoms. The lowest BCUT2D eigenvalue weighted by molar-refractivity contribution is -0.140. The molecule has 0 bridgehead atoms. The number of amides is 1. The van der Waals surface area contributed by atoms with E-state index in [0.29, 0.717) is 0 Å². The number of nitrogens with zero attached hydrogens (tertiary/aromatic N) is 3. The van der Waals surface area contributed by atoms with E-state index in [4.69, 9.17) is 16.7 Å². The molecule has 0 aliphatic carbocycles. The van der Waals surface area contributed by atoms with Gasteiger partial charge in [0.15, 0.2) is 11.5 Å². The minimum atomic E-state index is -1.15. The second-order valence-corrected chi connectivity index (χ2v) is 5.56. The van der Waals surface area contributed by atoms with Crippen molar-refractivity contribution in [3.05, 3.63) is 40.9 Å². The number of nitrogens with one attached hydrogen (secondary N) is 1. The maximum atomic E-state index is 13.9. The van der Waals surface area contributed by atoms with Gasteiger partial charge in [-0.25, -0.2) is 13.9 Å². The van der Waals surface area contributed by atoms with Crippen LogP contribution in [0.4, 0.5) is 4.39 Å². The van der Waals surface area contributed by atoms with E-state index < -0.39 is 23.7 Å². The minimum absolute atomic E-state index is 0.0303. The lowest BCUT2D eigenvalue weighted by atomic mass is 10.0. The molecule has 1 aromatic heterocycles. The molecule has 7 nitrogen and oxygen atoms in total. The molecule has 1 heterocycles. The predicted molar refractivity (Wildman–Crippen MR) is 80.1 cm³/mol. The summed E-state index contributed by atoms with van der Waals surface area (Å²) in [6, 6.07) is 3.27. The van der Waals surface area contributed by atoms with Crippen molar-refractivity contribution in [1.82, 2.24) is 20.3 Å². The van der Waals surface area contributed by atoms with E-state index in [1.165, 1.54) is 24.4 Å². The number of rotatable bonds is 5. The van der Waals surface area contributed by atoms with Crippen molar-refractivity contribution in [3.8, 4) is 5.69 Å². The Morgan fingerprint density at radius 1 is 1.39 bits per heavy atom. The number of benzene rings is 1. The maximum Gasteiger partial charge on any atom is 0.326 e. The normalized spacial score (nSPS) is 12.2. The molecule has 23 heavy (non-hydrogen) atoms. The number of aliphatic carboxylic acids is 1. The van der Waals surface area contributed by atoms with Gasteiger partial charge in [0.05, 0.1) is 11.2 Å². The van der Waals surface area contributed by atoms with Crippen LogP contribution in [0.15, 0.2) is 24.4 Å². The molecular formula is C14H14ClFN4O3. The van der Waals surface area contributed by atoms with Crippen molar-refractivity contribution in [2.45, 2.75) is 19.9 Å². The van der Waals surface area contributed by atoms with Crippen LogP contribution < -0.4 is 5.32 Å². The topological polar surface area (TPSA) is 97.1 Å². The monoisotopic (exact) mass is 340 g/mol. The Bertz CT molecular complexity index is 747. The molecule has 9 heteroatoms. The van der Waals surface area contributed by atoms with Crippen LogP contribution in [0.1, 0.15) is 24.3 Å². The molecule has 2 rings (SSSR count). The van der Waals surface area contributed by atoms with Gasteiger partial charge in [-0.05, 0) is 18.1 Å². The first kappa shape index (κ1) is 16.9. The van der Waals surface area contributed by atoms with Crippen molar-refractivity contribution < 1.29 is 19.1 Å². The van der Waals surface area contributed by atoms with Crippen molar-refractivity contribution in [2.24, 2.45) is 5.92 Å². The Hall–Kier alpha value is -2.48. The number of aromatic nitrogens is 3. The van der Waals surface area contributed by atoms with Crippen LogP contribution in [0.5, 0.6) is 0 Å². The van der Waals surface area contributed by atoms with Gasteiger partial charge >= 0.3 is 5.97 Å². The fraction of sp³-hybridized carbons (Fsp3) is 0.286. The summed E-state index contributed by atoms with van der Waals surface area (Å²) in [5, 5.41) is 18.6. The summed E-state index contributed by atoms with van der Waals surface area (Å²) < 4.78 is 15.0. The van der Waals surface area contributed by atoms with Gasteiger partial charge in [0.25, 0.3) is 5.91 Å². The van der Waals surface area contributed by atoms with E-state index in [0.717, 1.165) is 4.68 Å². The predicted octanol–water partition coefficient (Wildman–Crippen LogP) is 1.90. The zero-order valence-corrected chi connectivity index (χ0v) is 13.1. The van der Waals surface area contributed by atoms with Crippen molar-refractivity contribution in [3.63, 3.8) is 0 Å². The van der Waals surface area contributed by atoms with Gasteiger partial charge < -0.3 is 10.4 Å². The Morgan fingerprint density at radius 3 is 2.70 bits per heavy atom. The fourth-order valence-corrected chi connectivity index (χ4v) is 2.05. The average Bonchev–Trinajstić information content (AvgIpc) is 2.96. The first-order chi connectivity index (χ1) is 10.8. The van der Waals surface area contributed by atoms with Crippen molar-refractivity contribution in [1.29, 1.82) is 0 Å². The Labute approximate surface area is 136 Å². The summed E-state index contributed by atoms with van der Waals surface area (Å²) in [6.45, 7) is 3.33. The summed E-state index contributed by atoms with van der Waals surface area (Å²) >= 11 is 5.69. The van der Waals surface area contributed by atoms with Crippen LogP contribution >= 0.6 is 11.6 Å². The van der Waals surface area contributed by atoms with Gasteiger partial charge in [-0.3, -0.25) is 4.79 Å². The molecule has 0 saturated heterocycles. The molecule has 0 unspecified atom stereocenters. The molecule has 0 fully saturated rings. The number of carboxylic acids is 1. The van der Waals surface area contributed by atoms with Crippen LogP contribution in [-0.2, 0) is 4.79 Å². The molecule has 1 aromatic carbocycles. The zero-order chi connectivity index (χ0) is 17.1. The summed E-state index contributed by atoms with van der Waals surface area (Å²) in [5.41, 5.74) is -0.0982. The summed E-state index contributed by atoms with van der Waals surface area (Å²) in [7, 11) is 0. The minimum Gasteiger partial charge on any atom is -0.480 e. The highest BCUT2D eigenvalue weighted by Crippen LogP contribution is 2.20. The van der Waals surface area contributed by atoms with Crippen LogP contribution in [0.2, 0.25) is 5.02 Å². The molecule has 1 amide bonds. The summed E-state index contributed by atoms with van der Waals surface area (Å²) in [6.07, 6.45) is 1.20. The van der Waals surface area contributed by atoms with Gasteiger partial charge in [0.1, 0.15) is 11.7 Å². The van der Waals surface area contributed by atoms with E-state index in [2.05, 4.69) is 15.6 Å². The molecule has 0 saturated carbocycles. The van der Waals surface area contributed by atoms with Gasteiger partial charge in [0, 0.05) is 0 Å². The quantitative estimate of drug-likeness (QED) is 0.866. The number of halogens is 2. The van der Waals surface area contributed by atoms with Crippen LogP contribution in [0, 0.1) is 11.7 Å². The second-order valence-electron chi connectivity index (χ2n) is 5.15. The van der Waals surface area contributed by atoms with E-state index in [1.54, 1.807) is 13.8 Å². The van der Waals surface area contributed by atoms with Crippen molar-refractivity contribution in [2.75, 3.05) is 0 Å². The highest BCUT2D eigenvalue weighted by atomic mass is 35.5. The number of carbonyl (C=O) groups is 2. The van der Waals surface area contributed by atoms with E-state index in [9.17, 15) is 14.0 Å². The molecular weight excluding hydrogens is 327 g/mol. The van der Waals surface area contributed by atoms with E-state index >= 15 is 0 Å². The molecule has 1 atom stereocenters. The number of hydrogen-bond donors (Lipinski definition) is 2. The van der Waals surface area contributed by atoms with Crippen molar-refractivity contribution >= 4 is 23.5 Å². The van der Waals surface area contributed by atoms with E-state index in [-0.39, 0.29) is 22.3 Å². The average molecular weight is 341 g/mol. The third-order valence-corrected chi connectivity index (χ3v) is 3.42. The third-order valence-electron chi connectivity index (χ3n) is 3.12. The van der Waals surface area contributed by atoms with Gasteiger partial charge in [-0.2, -0.15) is 0 Å². The molecule has 2 N–H and O–H groups in total. The highest BCUT2D eigenvalue weighted by molar-refractivity contribution is 6.30. The SMILES string of the molecule is CC(C)[C@@H](NC(=O)c1cn(-c2cccc(Cl)c2F)nn1)C(=O)O. The van der Waals surface area contributed by atoms with Crippen LogP contribution in [0.3, 0.4) is 0 Å². The molecule has 2 aromatic rings. The largest absolute Gasteiger partial charge is 0.480 e. The summed E-state index contributed by atoms with van der Waals surface area (Å²) in [4.78, 5) is 23.1. The van der Waals surface area contributed by atoms with Gasteiger partial charge in [0.2, 0.25) is 0 Å². The molecule has 0 aliphatic heterocycles.